The minimum atomic E-state index is -3.33. The molecule has 5 heteroatoms. The maximum atomic E-state index is 14.1. The average molecular weight is 451 g/mol. The van der Waals surface area contributed by atoms with Crippen LogP contribution in [-0.4, -0.2) is 18.0 Å². The van der Waals surface area contributed by atoms with Crippen LogP contribution in [0.3, 0.4) is 0 Å². The lowest BCUT2D eigenvalue weighted by atomic mass is 9.44. The highest BCUT2D eigenvalue weighted by atomic mass is 31.2. The molecule has 4 aliphatic rings. The summed E-state index contributed by atoms with van der Waals surface area (Å²) >= 11 is 0. The summed E-state index contributed by atoms with van der Waals surface area (Å²) in [5.41, 5.74) is 0.159. The first-order valence-electron chi connectivity index (χ1n) is 12.6. The number of hydrogen-bond acceptors (Lipinski definition) is 4. The van der Waals surface area contributed by atoms with Crippen molar-refractivity contribution in [2.24, 2.45) is 40.4 Å². The van der Waals surface area contributed by atoms with E-state index in [1.54, 1.807) is 0 Å². The Labute approximate surface area is 189 Å². The van der Waals surface area contributed by atoms with Gasteiger partial charge >= 0.3 is 7.60 Å². The number of carbonyl (C=O) groups is 1. The molecule has 4 aliphatic carbocycles. The van der Waals surface area contributed by atoms with Crippen LogP contribution in [0.2, 0.25) is 0 Å². The normalized spacial score (nSPS) is 42.9. The van der Waals surface area contributed by atoms with E-state index in [0.717, 1.165) is 43.8 Å². The summed E-state index contributed by atoms with van der Waals surface area (Å²) < 4.78 is 26.2. The number of allylic oxidation sites excluding steroid dienone is 2. The van der Waals surface area contributed by atoms with Gasteiger partial charge in [0.05, 0.1) is 12.2 Å². The Morgan fingerprint density at radius 2 is 1.61 bits per heavy atom. The molecule has 2 unspecified atom stereocenters. The van der Waals surface area contributed by atoms with Gasteiger partial charge in [0.15, 0.2) is 0 Å². The molecule has 7 atom stereocenters. The highest BCUT2D eigenvalue weighted by molar-refractivity contribution is 7.58. The second-order valence-electron chi connectivity index (χ2n) is 11.9. The fourth-order valence-corrected chi connectivity index (χ4v) is 10.8. The topological polar surface area (TPSA) is 52.6 Å². The first-order chi connectivity index (χ1) is 14.4. The van der Waals surface area contributed by atoms with Gasteiger partial charge in [-0.05, 0) is 95.3 Å². The third kappa shape index (κ3) is 3.73. The summed E-state index contributed by atoms with van der Waals surface area (Å²) in [5.74, 6) is 3.04. The van der Waals surface area contributed by atoms with Gasteiger partial charge < -0.3 is 9.05 Å². The van der Waals surface area contributed by atoms with Crippen LogP contribution in [-0.2, 0) is 18.4 Å². The van der Waals surface area contributed by atoms with Gasteiger partial charge in [-0.25, -0.2) is 0 Å². The molecule has 3 saturated carbocycles. The molecule has 0 radical (unpaired) electrons. The van der Waals surface area contributed by atoms with Gasteiger partial charge in [-0.2, -0.15) is 0 Å². The van der Waals surface area contributed by atoms with Crippen LogP contribution < -0.4 is 0 Å². The molecule has 31 heavy (non-hydrogen) atoms. The summed E-state index contributed by atoms with van der Waals surface area (Å²) in [6.45, 7) is 14.8. The highest BCUT2D eigenvalue weighted by Crippen LogP contribution is 2.74. The summed E-state index contributed by atoms with van der Waals surface area (Å²) in [6.07, 6.45) is 9.29. The molecule has 4 nitrogen and oxygen atoms in total. The van der Waals surface area contributed by atoms with E-state index in [9.17, 15) is 9.36 Å². The van der Waals surface area contributed by atoms with E-state index in [2.05, 4.69) is 26.8 Å². The molecule has 0 aromatic carbocycles. The second-order valence-corrected chi connectivity index (χ2v) is 13.8. The smallest absolute Gasteiger partial charge is 0.303 e. The molecular formula is C26H43O4P. The van der Waals surface area contributed by atoms with Gasteiger partial charge in [-0.1, -0.05) is 26.8 Å². The van der Waals surface area contributed by atoms with E-state index in [1.807, 2.05) is 27.7 Å². The number of rotatable bonds is 5. The van der Waals surface area contributed by atoms with Crippen molar-refractivity contribution in [2.45, 2.75) is 106 Å². The molecule has 4 rings (SSSR count). The van der Waals surface area contributed by atoms with E-state index in [1.165, 1.54) is 6.42 Å². The third-order valence-corrected chi connectivity index (χ3v) is 12.2. The maximum absolute atomic E-state index is 14.1. The van der Waals surface area contributed by atoms with Crippen molar-refractivity contribution < 1.29 is 18.4 Å². The van der Waals surface area contributed by atoms with Gasteiger partial charge in [0.25, 0.3) is 0 Å². The molecule has 3 fully saturated rings. The molecule has 0 spiro atoms. The fraction of sp³-hybridized carbons (Fsp3) is 0.885. The molecule has 0 saturated heterocycles. The van der Waals surface area contributed by atoms with E-state index in [0.29, 0.717) is 29.5 Å². The first-order valence-corrected chi connectivity index (χ1v) is 14.2. The Morgan fingerprint density at radius 3 is 2.23 bits per heavy atom. The summed E-state index contributed by atoms with van der Waals surface area (Å²) in [6, 6.07) is 0. The first kappa shape index (κ1) is 23.7. The van der Waals surface area contributed by atoms with Crippen molar-refractivity contribution in [3.8, 4) is 0 Å². The number of fused-ring (bicyclic) bond motifs is 5. The van der Waals surface area contributed by atoms with Crippen molar-refractivity contribution in [1.29, 1.82) is 0 Å². The van der Waals surface area contributed by atoms with E-state index in [4.69, 9.17) is 9.05 Å². The molecule has 0 aromatic heterocycles. The largest absolute Gasteiger partial charge is 0.358 e. The van der Waals surface area contributed by atoms with Crippen LogP contribution in [0.25, 0.3) is 0 Å². The quantitative estimate of drug-likeness (QED) is 0.410. The molecule has 0 heterocycles. The second kappa shape index (κ2) is 8.10. The van der Waals surface area contributed by atoms with Gasteiger partial charge in [0, 0.05) is 23.1 Å². The molecule has 0 aromatic rings. The van der Waals surface area contributed by atoms with Gasteiger partial charge in [0.1, 0.15) is 5.78 Å². The van der Waals surface area contributed by atoms with Crippen molar-refractivity contribution in [3.63, 3.8) is 0 Å². The Hall–Kier alpha value is -0.440. The lowest BCUT2D eigenvalue weighted by Gasteiger charge is -2.61. The van der Waals surface area contributed by atoms with Crippen LogP contribution in [0.15, 0.2) is 11.4 Å². The summed E-state index contributed by atoms with van der Waals surface area (Å²) in [7, 11) is -3.33. The molecule has 0 amide bonds. The Kier molecular flexibility index (Phi) is 6.19. The highest BCUT2D eigenvalue weighted by Gasteiger charge is 2.62. The van der Waals surface area contributed by atoms with Crippen LogP contribution in [0.1, 0.15) is 93.4 Å². The Balaban J connectivity index is 1.63. The summed E-state index contributed by atoms with van der Waals surface area (Å²) in [4.78, 5) is 12.4. The predicted octanol–water partition coefficient (Wildman–Crippen LogP) is 7.38. The van der Waals surface area contributed by atoms with Crippen LogP contribution in [0, 0.1) is 40.4 Å². The Bertz CT molecular complexity index is 787. The minimum absolute atomic E-state index is 0.111. The van der Waals surface area contributed by atoms with Crippen molar-refractivity contribution in [3.05, 3.63) is 11.4 Å². The molecule has 0 N–H and O–H groups in total. The zero-order chi connectivity index (χ0) is 22.8. The lowest BCUT2D eigenvalue weighted by molar-refractivity contribution is -0.147. The van der Waals surface area contributed by atoms with Crippen LogP contribution in [0.5, 0.6) is 0 Å². The zero-order valence-corrected chi connectivity index (χ0v) is 21.5. The monoisotopic (exact) mass is 450 g/mol. The average Bonchev–Trinajstić information content (AvgIpc) is 3.02. The number of Topliss-reactive ketones (excluding diaryl/α,β-unsaturated/α-hetero) is 1. The number of carbonyl (C=O) groups excluding carboxylic acids is 1. The van der Waals surface area contributed by atoms with E-state index in [-0.39, 0.29) is 29.0 Å². The number of ketones is 1. The van der Waals surface area contributed by atoms with Crippen molar-refractivity contribution >= 4 is 13.4 Å². The maximum Gasteiger partial charge on any atom is 0.358 e. The van der Waals surface area contributed by atoms with Crippen molar-refractivity contribution in [1.82, 2.24) is 0 Å². The van der Waals surface area contributed by atoms with Crippen molar-refractivity contribution in [2.75, 3.05) is 0 Å². The molecular weight excluding hydrogens is 407 g/mol. The summed E-state index contributed by atoms with van der Waals surface area (Å²) in [5, 5.41) is 0.949. The van der Waals surface area contributed by atoms with Gasteiger partial charge in [-0.3, -0.25) is 9.36 Å². The van der Waals surface area contributed by atoms with E-state index >= 15 is 0 Å². The molecule has 0 bridgehead atoms. The van der Waals surface area contributed by atoms with Gasteiger partial charge in [0.2, 0.25) is 0 Å². The molecule has 176 valence electrons. The minimum Gasteiger partial charge on any atom is -0.303 e. The van der Waals surface area contributed by atoms with Crippen LogP contribution >= 0.6 is 7.60 Å². The van der Waals surface area contributed by atoms with Gasteiger partial charge in [-0.15, -0.1) is 0 Å². The molecule has 0 aliphatic heterocycles. The number of hydrogen-bond donors (Lipinski definition) is 0. The standard InChI is InChI=1S/C26H43O4P/c1-16(2)29-31(28,30-17(3)4)24-11-10-21-19-8-9-20-18(5)23(27)13-15-25(20,6)22(19)12-14-26(21,24)7/h11,16-22H,8-10,12-15H2,1-7H3/t18?,19-,20?,21-,22-,25-,26-/m0/s1. The SMILES string of the molecule is CC(C)OP(=O)(OC(C)C)C1=CC[C@H]2[C@@H]3CCC4C(C)C(=O)CC[C@]4(C)[C@H]3CC[C@]12C. The lowest BCUT2D eigenvalue weighted by Crippen LogP contribution is -2.55. The predicted molar refractivity (Wildman–Crippen MR) is 125 cm³/mol. The fourth-order valence-electron chi connectivity index (χ4n) is 8.18. The third-order valence-electron chi connectivity index (χ3n) is 9.50. The van der Waals surface area contributed by atoms with Crippen LogP contribution in [0.4, 0.5) is 0 Å². The van der Waals surface area contributed by atoms with E-state index < -0.39 is 7.60 Å². The zero-order valence-electron chi connectivity index (χ0n) is 20.6. The Morgan fingerprint density at radius 1 is 0.968 bits per heavy atom.